The van der Waals surface area contributed by atoms with Crippen LogP contribution in [0, 0.1) is 5.92 Å². The largest absolute Gasteiger partial charge is 0.411 e. The van der Waals surface area contributed by atoms with E-state index in [1.165, 1.54) is 0 Å². The molecule has 2 N–H and O–H groups in total. The summed E-state index contributed by atoms with van der Waals surface area (Å²) in [6.07, 6.45) is -4.30. The summed E-state index contributed by atoms with van der Waals surface area (Å²) in [6, 6.07) is 6.93. The highest BCUT2D eigenvalue weighted by atomic mass is 19.4. The summed E-state index contributed by atoms with van der Waals surface area (Å²) in [4.78, 5) is 11.6. The van der Waals surface area contributed by atoms with Crippen molar-refractivity contribution in [3.63, 3.8) is 0 Å². The molecule has 116 valence electrons. The lowest BCUT2D eigenvalue weighted by molar-refractivity contribution is -0.176. The average Bonchev–Trinajstić information content (AvgIpc) is 2.34. The number of ether oxygens (including phenoxy) is 1. The molecule has 0 saturated carbocycles. The van der Waals surface area contributed by atoms with E-state index in [4.69, 9.17) is 0 Å². The standard InChI is InChI=1S/C14H17F3N2O2/c15-14(16,17)9-21-8-11-3-1-10(2-4-11)5-19-13(20)12-6-18-7-12/h1-4,12,18H,5-9H2,(H,19,20). The van der Waals surface area contributed by atoms with Crippen LogP contribution >= 0.6 is 0 Å². The number of benzene rings is 1. The molecule has 1 saturated heterocycles. The molecule has 1 amide bonds. The molecule has 1 aromatic rings. The number of hydrogen-bond donors (Lipinski definition) is 2. The SMILES string of the molecule is O=C(NCc1ccc(COCC(F)(F)F)cc1)C1CNC1. The van der Waals surface area contributed by atoms with Crippen LogP contribution in [0.2, 0.25) is 0 Å². The summed E-state index contributed by atoms with van der Waals surface area (Å²) >= 11 is 0. The van der Waals surface area contributed by atoms with E-state index < -0.39 is 12.8 Å². The van der Waals surface area contributed by atoms with Crippen molar-refractivity contribution in [3.8, 4) is 0 Å². The average molecular weight is 302 g/mol. The van der Waals surface area contributed by atoms with Crippen LogP contribution in [0.4, 0.5) is 13.2 Å². The first-order chi connectivity index (χ1) is 9.94. The van der Waals surface area contributed by atoms with E-state index in [9.17, 15) is 18.0 Å². The molecule has 21 heavy (non-hydrogen) atoms. The molecule has 1 aliphatic heterocycles. The zero-order chi connectivity index (χ0) is 15.3. The lowest BCUT2D eigenvalue weighted by Crippen LogP contribution is -2.50. The van der Waals surface area contributed by atoms with Crippen LogP contribution < -0.4 is 10.6 Å². The molecule has 0 atom stereocenters. The van der Waals surface area contributed by atoms with Gasteiger partial charge in [0.05, 0.1) is 12.5 Å². The van der Waals surface area contributed by atoms with Gasteiger partial charge in [-0.15, -0.1) is 0 Å². The smallest absolute Gasteiger partial charge is 0.367 e. The molecule has 2 rings (SSSR count). The Balaban J connectivity index is 1.72. The molecule has 7 heteroatoms. The summed E-state index contributed by atoms with van der Waals surface area (Å²) in [5.74, 6) is 0.0615. The number of nitrogens with one attached hydrogen (secondary N) is 2. The van der Waals surface area contributed by atoms with Gasteiger partial charge in [0.25, 0.3) is 0 Å². The number of carbonyl (C=O) groups is 1. The van der Waals surface area contributed by atoms with Crippen molar-refractivity contribution in [1.82, 2.24) is 10.6 Å². The molecule has 0 spiro atoms. The number of rotatable bonds is 6. The Hall–Kier alpha value is -1.60. The Morgan fingerprint density at radius 1 is 1.24 bits per heavy atom. The normalized spacial score (nSPS) is 15.6. The maximum absolute atomic E-state index is 11.9. The fourth-order valence-electron chi connectivity index (χ4n) is 1.85. The van der Waals surface area contributed by atoms with Gasteiger partial charge in [-0.05, 0) is 11.1 Å². The van der Waals surface area contributed by atoms with E-state index in [0.29, 0.717) is 25.2 Å². The predicted octanol–water partition coefficient (Wildman–Crippen LogP) is 1.60. The van der Waals surface area contributed by atoms with Gasteiger partial charge in [0.15, 0.2) is 0 Å². The van der Waals surface area contributed by atoms with Crippen LogP contribution in [0.3, 0.4) is 0 Å². The van der Waals surface area contributed by atoms with Crippen molar-refractivity contribution < 1.29 is 22.7 Å². The van der Waals surface area contributed by atoms with E-state index in [-0.39, 0.29) is 18.4 Å². The van der Waals surface area contributed by atoms with Gasteiger partial charge < -0.3 is 15.4 Å². The third-order valence-corrected chi connectivity index (χ3v) is 3.18. The molecule has 0 bridgehead atoms. The Labute approximate surface area is 120 Å². The molecular formula is C14H17F3N2O2. The third-order valence-electron chi connectivity index (χ3n) is 3.18. The molecule has 1 aromatic carbocycles. The van der Waals surface area contributed by atoms with Gasteiger partial charge in [-0.1, -0.05) is 24.3 Å². The highest BCUT2D eigenvalue weighted by Gasteiger charge is 2.27. The van der Waals surface area contributed by atoms with E-state index in [1.54, 1.807) is 24.3 Å². The van der Waals surface area contributed by atoms with Gasteiger partial charge in [-0.3, -0.25) is 4.79 Å². The van der Waals surface area contributed by atoms with Crippen molar-refractivity contribution in [2.75, 3.05) is 19.7 Å². The molecule has 4 nitrogen and oxygen atoms in total. The van der Waals surface area contributed by atoms with Crippen LogP contribution in [-0.2, 0) is 22.7 Å². The monoisotopic (exact) mass is 302 g/mol. The molecule has 1 aliphatic rings. The second kappa shape index (κ2) is 6.91. The molecule has 0 unspecified atom stereocenters. The van der Waals surface area contributed by atoms with Crippen molar-refractivity contribution in [3.05, 3.63) is 35.4 Å². The number of amides is 1. The van der Waals surface area contributed by atoms with E-state index in [2.05, 4.69) is 15.4 Å². The van der Waals surface area contributed by atoms with Gasteiger partial charge in [0, 0.05) is 19.6 Å². The Kier molecular flexibility index (Phi) is 5.19. The second-order valence-electron chi connectivity index (χ2n) is 5.00. The summed E-state index contributed by atoms with van der Waals surface area (Å²) in [7, 11) is 0. The van der Waals surface area contributed by atoms with Gasteiger partial charge in [0.1, 0.15) is 6.61 Å². The zero-order valence-electron chi connectivity index (χ0n) is 11.4. The van der Waals surface area contributed by atoms with Crippen LogP contribution in [0.15, 0.2) is 24.3 Å². The summed E-state index contributed by atoms with van der Waals surface area (Å²) in [5.41, 5.74) is 1.56. The molecule has 1 fully saturated rings. The quantitative estimate of drug-likeness (QED) is 0.839. The predicted molar refractivity (Wildman–Crippen MR) is 70.4 cm³/mol. The summed E-state index contributed by atoms with van der Waals surface area (Å²) in [6.45, 7) is 0.502. The Morgan fingerprint density at radius 3 is 2.38 bits per heavy atom. The number of carbonyl (C=O) groups excluding carboxylic acids is 1. The molecule has 0 aliphatic carbocycles. The molecular weight excluding hydrogens is 285 g/mol. The second-order valence-corrected chi connectivity index (χ2v) is 5.00. The lowest BCUT2D eigenvalue weighted by Gasteiger charge is -2.25. The number of alkyl halides is 3. The van der Waals surface area contributed by atoms with Crippen molar-refractivity contribution in [1.29, 1.82) is 0 Å². The van der Waals surface area contributed by atoms with Crippen molar-refractivity contribution in [2.24, 2.45) is 5.92 Å². The van der Waals surface area contributed by atoms with Crippen molar-refractivity contribution in [2.45, 2.75) is 19.3 Å². The minimum absolute atomic E-state index is 0.0198. The molecule has 0 radical (unpaired) electrons. The first-order valence-electron chi connectivity index (χ1n) is 6.65. The van der Waals surface area contributed by atoms with Gasteiger partial charge >= 0.3 is 6.18 Å². The molecule has 0 aromatic heterocycles. The third kappa shape index (κ3) is 5.35. The summed E-state index contributed by atoms with van der Waals surface area (Å²) in [5, 5.41) is 5.85. The first kappa shape index (κ1) is 15.8. The minimum atomic E-state index is -4.30. The Bertz CT molecular complexity index is 470. The van der Waals surface area contributed by atoms with Crippen LogP contribution in [0.25, 0.3) is 0 Å². The molecule has 1 heterocycles. The van der Waals surface area contributed by atoms with Crippen molar-refractivity contribution >= 4 is 5.91 Å². The fourth-order valence-corrected chi connectivity index (χ4v) is 1.85. The summed E-state index contributed by atoms with van der Waals surface area (Å²) < 4.78 is 40.4. The number of halogens is 3. The van der Waals surface area contributed by atoms with Gasteiger partial charge in [-0.2, -0.15) is 13.2 Å². The minimum Gasteiger partial charge on any atom is -0.367 e. The maximum Gasteiger partial charge on any atom is 0.411 e. The lowest BCUT2D eigenvalue weighted by atomic mass is 10.0. The van der Waals surface area contributed by atoms with Crippen LogP contribution in [-0.4, -0.2) is 31.8 Å². The number of hydrogen-bond acceptors (Lipinski definition) is 3. The zero-order valence-corrected chi connectivity index (χ0v) is 11.4. The van der Waals surface area contributed by atoms with E-state index in [0.717, 1.165) is 5.56 Å². The van der Waals surface area contributed by atoms with Crippen LogP contribution in [0.5, 0.6) is 0 Å². The van der Waals surface area contributed by atoms with E-state index in [1.807, 2.05) is 0 Å². The van der Waals surface area contributed by atoms with E-state index >= 15 is 0 Å². The van der Waals surface area contributed by atoms with Gasteiger partial charge in [-0.25, -0.2) is 0 Å². The highest BCUT2D eigenvalue weighted by Crippen LogP contribution is 2.15. The highest BCUT2D eigenvalue weighted by molar-refractivity contribution is 5.79. The van der Waals surface area contributed by atoms with Crippen LogP contribution in [0.1, 0.15) is 11.1 Å². The fraction of sp³-hybridized carbons (Fsp3) is 0.500. The first-order valence-corrected chi connectivity index (χ1v) is 6.65. The topological polar surface area (TPSA) is 50.4 Å². The maximum atomic E-state index is 11.9. The Morgan fingerprint density at radius 2 is 1.86 bits per heavy atom. The van der Waals surface area contributed by atoms with Gasteiger partial charge in [0.2, 0.25) is 5.91 Å².